The highest BCUT2D eigenvalue weighted by Crippen LogP contribution is 2.30. The topological polar surface area (TPSA) is 56.3 Å². The van der Waals surface area contributed by atoms with Gasteiger partial charge in [0.15, 0.2) is 5.11 Å². The van der Waals surface area contributed by atoms with Crippen LogP contribution in [-0.2, 0) is 13.1 Å². The summed E-state index contributed by atoms with van der Waals surface area (Å²) in [4.78, 5) is 14.5. The van der Waals surface area contributed by atoms with Crippen molar-refractivity contribution in [3.05, 3.63) is 77.4 Å². The standard InChI is InChI=1S/C27H32N6S/c1-20(21-11-5-4-6-12-21)28-27(34)31-26-29-24(32-15-9-2-3-10-16-32)17-25(30-26)33-18-22-13-7-8-14-23(22)19-33/h4-8,11-14,17,20H,2-3,9-10,15-16,18-19H2,1H3,(H2,28,29,30,31,34)/t20-/m0/s1. The second kappa shape index (κ2) is 10.4. The average Bonchev–Trinajstić information content (AvgIpc) is 3.10. The van der Waals surface area contributed by atoms with Gasteiger partial charge in [-0.3, -0.25) is 0 Å². The first kappa shape index (κ1) is 22.6. The molecule has 6 nitrogen and oxygen atoms in total. The predicted octanol–water partition coefficient (Wildman–Crippen LogP) is 5.42. The molecular weight excluding hydrogens is 440 g/mol. The zero-order valence-electron chi connectivity index (χ0n) is 19.7. The summed E-state index contributed by atoms with van der Waals surface area (Å²) >= 11 is 5.64. The molecule has 3 aromatic rings. The van der Waals surface area contributed by atoms with Crippen molar-refractivity contribution in [1.29, 1.82) is 0 Å². The Morgan fingerprint density at radius 2 is 1.41 bits per heavy atom. The SMILES string of the molecule is C[C@H](NC(=S)Nc1nc(N2CCCCCC2)cc(N2Cc3ccccc3C2)n1)c1ccccc1. The van der Waals surface area contributed by atoms with E-state index in [4.69, 9.17) is 22.2 Å². The molecule has 0 amide bonds. The van der Waals surface area contributed by atoms with Crippen molar-refractivity contribution in [2.24, 2.45) is 0 Å². The molecule has 0 bridgehead atoms. The smallest absolute Gasteiger partial charge is 0.232 e. The molecule has 1 aromatic heterocycles. The third-order valence-electron chi connectivity index (χ3n) is 6.67. The lowest BCUT2D eigenvalue weighted by molar-refractivity contribution is 0.722. The van der Waals surface area contributed by atoms with E-state index < -0.39 is 0 Å². The van der Waals surface area contributed by atoms with Crippen molar-refractivity contribution < 1.29 is 0 Å². The second-order valence-corrected chi connectivity index (χ2v) is 9.57. The van der Waals surface area contributed by atoms with E-state index in [2.05, 4.69) is 69.8 Å². The molecule has 0 spiro atoms. The van der Waals surface area contributed by atoms with Gasteiger partial charge < -0.3 is 20.4 Å². The molecule has 0 saturated carbocycles. The molecule has 1 fully saturated rings. The number of anilines is 3. The zero-order chi connectivity index (χ0) is 23.3. The summed E-state index contributed by atoms with van der Waals surface area (Å²) in [6.07, 6.45) is 4.97. The van der Waals surface area contributed by atoms with E-state index in [1.165, 1.54) is 42.4 Å². The maximum Gasteiger partial charge on any atom is 0.232 e. The van der Waals surface area contributed by atoms with Crippen molar-refractivity contribution in [3.63, 3.8) is 0 Å². The molecule has 0 unspecified atom stereocenters. The van der Waals surface area contributed by atoms with Gasteiger partial charge in [-0.1, -0.05) is 67.4 Å². The van der Waals surface area contributed by atoms with Gasteiger partial charge in [0.05, 0.1) is 6.04 Å². The highest BCUT2D eigenvalue weighted by atomic mass is 32.1. The number of aromatic nitrogens is 2. The molecule has 0 radical (unpaired) electrons. The molecule has 2 N–H and O–H groups in total. The Morgan fingerprint density at radius 1 is 0.824 bits per heavy atom. The first-order chi connectivity index (χ1) is 16.7. The zero-order valence-corrected chi connectivity index (χ0v) is 20.5. The lowest BCUT2D eigenvalue weighted by atomic mass is 10.1. The van der Waals surface area contributed by atoms with E-state index in [1.807, 2.05) is 18.2 Å². The quantitative estimate of drug-likeness (QED) is 0.481. The van der Waals surface area contributed by atoms with E-state index in [0.717, 1.165) is 37.8 Å². The van der Waals surface area contributed by atoms with Crippen LogP contribution in [-0.4, -0.2) is 28.2 Å². The molecule has 5 rings (SSSR count). The first-order valence-electron chi connectivity index (χ1n) is 12.2. The highest BCUT2D eigenvalue weighted by Gasteiger charge is 2.23. The second-order valence-electron chi connectivity index (χ2n) is 9.16. The Labute approximate surface area is 207 Å². The summed E-state index contributed by atoms with van der Waals surface area (Å²) in [5, 5.41) is 7.17. The number of thiocarbonyl (C=S) groups is 1. The minimum Gasteiger partial charge on any atom is -0.356 e. The van der Waals surface area contributed by atoms with Crippen LogP contribution in [0.3, 0.4) is 0 Å². The Bertz CT molecular complexity index is 1100. The minimum absolute atomic E-state index is 0.0857. The van der Waals surface area contributed by atoms with Crippen LogP contribution in [0.25, 0.3) is 0 Å². The summed E-state index contributed by atoms with van der Waals surface area (Å²) in [5.41, 5.74) is 3.91. The summed E-state index contributed by atoms with van der Waals surface area (Å²) < 4.78 is 0. The van der Waals surface area contributed by atoms with Crippen LogP contribution in [0.15, 0.2) is 60.7 Å². The Balaban J connectivity index is 1.37. The van der Waals surface area contributed by atoms with Gasteiger partial charge in [0.1, 0.15) is 11.6 Å². The lowest BCUT2D eigenvalue weighted by Gasteiger charge is -2.25. The summed E-state index contributed by atoms with van der Waals surface area (Å²) in [6.45, 7) is 5.89. The fourth-order valence-corrected chi connectivity index (χ4v) is 5.02. The number of fused-ring (bicyclic) bond motifs is 1. The van der Waals surface area contributed by atoms with E-state index in [9.17, 15) is 0 Å². The van der Waals surface area contributed by atoms with Crippen molar-refractivity contribution in [3.8, 4) is 0 Å². The van der Waals surface area contributed by atoms with Crippen molar-refractivity contribution in [2.45, 2.75) is 51.7 Å². The van der Waals surface area contributed by atoms with Crippen LogP contribution < -0.4 is 20.4 Å². The maximum atomic E-state index is 5.64. The number of hydrogen-bond donors (Lipinski definition) is 2. The molecular formula is C27H32N6S. The Morgan fingerprint density at radius 3 is 2.06 bits per heavy atom. The Hall–Kier alpha value is -3.19. The fraction of sp³-hybridized carbons (Fsp3) is 0.370. The Kier molecular flexibility index (Phi) is 6.90. The van der Waals surface area contributed by atoms with Gasteiger partial charge in [-0.15, -0.1) is 0 Å². The highest BCUT2D eigenvalue weighted by molar-refractivity contribution is 7.80. The largest absolute Gasteiger partial charge is 0.356 e. The third kappa shape index (κ3) is 5.30. The number of benzene rings is 2. The van der Waals surface area contributed by atoms with Crippen LogP contribution in [0.5, 0.6) is 0 Å². The molecule has 0 aliphatic carbocycles. The molecule has 176 valence electrons. The fourth-order valence-electron chi connectivity index (χ4n) is 4.76. The van der Waals surface area contributed by atoms with Gasteiger partial charge in [-0.2, -0.15) is 9.97 Å². The number of rotatable bonds is 5. The third-order valence-corrected chi connectivity index (χ3v) is 6.89. The average molecular weight is 473 g/mol. The predicted molar refractivity (Wildman–Crippen MR) is 143 cm³/mol. The maximum absolute atomic E-state index is 5.64. The van der Waals surface area contributed by atoms with E-state index >= 15 is 0 Å². The van der Waals surface area contributed by atoms with Crippen LogP contribution in [0, 0.1) is 0 Å². The normalized spacial score (nSPS) is 16.5. The van der Waals surface area contributed by atoms with Gasteiger partial charge >= 0.3 is 0 Å². The number of nitrogens with one attached hydrogen (secondary N) is 2. The van der Waals surface area contributed by atoms with Crippen molar-refractivity contribution >= 4 is 34.9 Å². The summed E-state index contributed by atoms with van der Waals surface area (Å²) in [7, 11) is 0. The summed E-state index contributed by atoms with van der Waals surface area (Å²) in [6, 6.07) is 21.1. The van der Waals surface area contributed by atoms with E-state index in [-0.39, 0.29) is 6.04 Å². The van der Waals surface area contributed by atoms with E-state index in [0.29, 0.717) is 11.1 Å². The minimum atomic E-state index is 0.0857. The van der Waals surface area contributed by atoms with Gasteiger partial charge in [0.25, 0.3) is 0 Å². The molecule has 2 aliphatic heterocycles. The summed E-state index contributed by atoms with van der Waals surface area (Å²) in [5.74, 6) is 2.46. The molecule has 2 aliphatic rings. The first-order valence-corrected chi connectivity index (χ1v) is 12.6. The van der Waals surface area contributed by atoms with Gasteiger partial charge in [-0.05, 0) is 48.7 Å². The van der Waals surface area contributed by atoms with Gasteiger partial charge in [-0.25, -0.2) is 0 Å². The molecule has 3 heterocycles. The molecule has 1 saturated heterocycles. The number of hydrogen-bond acceptors (Lipinski definition) is 5. The van der Waals surface area contributed by atoms with Crippen LogP contribution in [0.2, 0.25) is 0 Å². The molecule has 7 heteroatoms. The van der Waals surface area contributed by atoms with Crippen LogP contribution >= 0.6 is 12.2 Å². The van der Waals surface area contributed by atoms with Gasteiger partial charge in [0, 0.05) is 32.2 Å². The van der Waals surface area contributed by atoms with Crippen LogP contribution in [0.1, 0.15) is 55.3 Å². The van der Waals surface area contributed by atoms with Crippen LogP contribution in [0.4, 0.5) is 17.6 Å². The molecule has 34 heavy (non-hydrogen) atoms. The lowest BCUT2D eigenvalue weighted by Crippen LogP contribution is -2.32. The molecule has 2 aromatic carbocycles. The monoisotopic (exact) mass is 472 g/mol. The van der Waals surface area contributed by atoms with Crippen molar-refractivity contribution in [2.75, 3.05) is 28.2 Å². The van der Waals surface area contributed by atoms with E-state index in [1.54, 1.807) is 0 Å². The van der Waals surface area contributed by atoms with Gasteiger partial charge in [0.2, 0.25) is 5.95 Å². The number of nitrogens with zero attached hydrogens (tertiary/aromatic N) is 4. The van der Waals surface area contributed by atoms with Crippen molar-refractivity contribution in [1.82, 2.24) is 15.3 Å². The molecule has 1 atom stereocenters.